The molecule has 4 aromatic rings. The molecule has 5 rings (SSSR count). The Labute approximate surface area is 204 Å². The number of nitrogens with one attached hydrogen (secondary N) is 2. The van der Waals surface area contributed by atoms with E-state index in [4.69, 9.17) is 4.42 Å². The fourth-order valence-electron chi connectivity index (χ4n) is 4.16. The molecule has 0 aliphatic carbocycles. The van der Waals surface area contributed by atoms with Crippen LogP contribution in [0.2, 0.25) is 0 Å². The van der Waals surface area contributed by atoms with Crippen LogP contribution in [0.4, 0.5) is 24.5 Å². The number of pyridine rings is 1. The number of amides is 1. The van der Waals surface area contributed by atoms with Gasteiger partial charge in [0.1, 0.15) is 5.76 Å². The van der Waals surface area contributed by atoms with Crippen LogP contribution in [0.15, 0.2) is 71.5 Å². The Morgan fingerprint density at radius 1 is 1.00 bits per heavy atom. The van der Waals surface area contributed by atoms with Gasteiger partial charge in [-0.05, 0) is 48.5 Å². The highest BCUT2D eigenvalue weighted by Gasteiger charge is 2.32. The molecule has 0 bridgehead atoms. The van der Waals surface area contributed by atoms with Crippen LogP contribution in [-0.2, 0) is 12.7 Å². The molecule has 1 aromatic carbocycles. The molecule has 0 spiro atoms. The van der Waals surface area contributed by atoms with Crippen LogP contribution in [-0.4, -0.2) is 52.2 Å². The molecule has 0 radical (unpaired) electrons. The highest BCUT2D eigenvalue weighted by molar-refractivity contribution is 6.04. The number of furan rings is 1. The second kappa shape index (κ2) is 9.86. The van der Waals surface area contributed by atoms with Crippen LogP contribution >= 0.6 is 0 Å². The van der Waals surface area contributed by atoms with Gasteiger partial charge in [0.25, 0.3) is 5.91 Å². The molecule has 1 amide bonds. The molecule has 0 saturated carbocycles. The Kier molecular flexibility index (Phi) is 6.47. The Balaban J connectivity index is 1.34. The largest absolute Gasteiger partial charge is 0.451 e. The van der Waals surface area contributed by atoms with E-state index >= 15 is 0 Å². The first-order valence-corrected chi connectivity index (χ1v) is 11.4. The summed E-state index contributed by atoms with van der Waals surface area (Å²) in [7, 11) is 0. The van der Waals surface area contributed by atoms with E-state index in [1.165, 1.54) is 12.1 Å². The molecule has 8 nitrogen and oxygen atoms in total. The second-order valence-corrected chi connectivity index (χ2v) is 8.43. The topological polar surface area (TPSA) is 90.3 Å². The highest BCUT2D eigenvalue weighted by Crippen LogP contribution is 2.36. The van der Waals surface area contributed by atoms with E-state index in [0.29, 0.717) is 44.2 Å². The number of piperazine rings is 1. The minimum atomic E-state index is -4.54. The number of benzene rings is 1. The summed E-state index contributed by atoms with van der Waals surface area (Å²) >= 11 is 0. The van der Waals surface area contributed by atoms with Crippen molar-refractivity contribution in [3.63, 3.8) is 0 Å². The fraction of sp³-hybridized carbons (Fsp3) is 0.240. The van der Waals surface area contributed by atoms with E-state index in [-0.39, 0.29) is 11.4 Å². The molecule has 3 aromatic heterocycles. The number of carbonyl (C=O) groups excluding carboxylic acids is 1. The Bertz CT molecular complexity index is 1310. The van der Waals surface area contributed by atoms with Crippen molar-refractivity contribution in [1.29, 1.82) is 0 Å². The number of nitrogens with zero attached hydrogens (tertiary/aromatic N) is 4. The molecular weight excluding hydrogens is 473 g/mol. The van der Waals surface area contributed by atoms with Gasteiger partial charge in [-0.25, -0.2) is 0 Å². The molecule has 1 aliphatic rings. The molecule has 1 saturated heterocycles. The molecule has 0 atom stereocenters. The lowest BCUT2D eigenvalue weighted by atomic mass is 10.1. The predicted octanol–water partition coefficient (Wildman–Crippen LogP) is 4.66. The van der Waals surface area contributed by atoms with Crippen LogP contribution in [0.25, 0.3) is 11.3 Å². The van der Waals surface area contributed by atoms with Crippen molar-refractivity contribution in [2.45, 2.75) is 12.7 Å². The number of halogens is 3. The summed E-state index contributed by atoms with van der Waals surface area (Å²) < 4.78 is 46.0. The van der Waals surface area contributed by atoms with E-state index < -0.39 is 17.6 Å². The van der Waals surface area contributed by atoms with Crippen LogP contribution < -0.4 is 10.2 Å². The summed E-state index contributed by atoms with van der Waals surface area (Å²) in [6, 6.07) is 11.9. The number of hydrogen-bond acceptors (Lipinski definition) is 6. The molecule has 1 aliphatic heterocycles. The third kappa shape index (κ3) is 5.25. The van der Waals surface area contributed by atoms with Crippen molar-refractivity contribution in [1.82, 2.24) is 20.1 Å². The molecule has 2 N–H and O–H groups in total. The molecule has 4 heterocycles. The van der Waals surface area contributed by atoms with Crippen LogP contribution in [0.3, 0.4) is 0 Å². The number of carbonyl (C=O) groups is 1. The third-order valence-electron chi connectivity index (χ3n) is 6.03. The van der Waals surface area contributed by atoms with Crippen LogP contribution in [0.1, 0.15) is 21.8 Å². The van der Waals surface area contributed by atoms with Crippen molar-refractivity contribution >= 4 is 17.3 Å². The smallest absolute Gasteiger partial charge is 0.416 e. The average Bonchev–Trinajstić information content (AvgIpc) is 3.57. The van der Waals surface area contributed by atoms with Gasteiger partial charge in [-0.3, -0.25) is 19.8 Å². The zero-order valence-electron chi connectivity index (χ0n) is 19.1. The van der Waals surface area contributed by atoms with E-state index in [1.807, 2.05) is 11.0 Å². The average molecular weight is 496 g/mol. The van der Waals surface area contributed by atoms with Crippen molar-refractivity contribution in [2.24, 2.45) is 0 Å². The molecular formula is C25H23F3N6O2. The zero-order valence-corrected chi connectivity index (χ0v) is 19.1. The lowest BCUT2D eigenvalue weighted by Crippen LogP contribution is -2.46. The molecule has 0 unspecified atom stereocenters. The first-order chi connectivity index (χ1) is 17.4. The number of alkyl halides is 3. The maximum Gasteiger partial charge on any atom is 0.416 e. The number of aromatic nitrogens is 3. The Morgan fingerprint density at radius 2 is 1.78 bits per heavy atom. The minimum Gasteiger partial charge on any atom is -0.451 e. The van der Waals surface area contributed by atoms with E-state index in [9.17, 15) is 18.0 Å². The summed E-state index contributed by atoms with van der Waals surface area (Å²) in [4.78, 5) is 21.1. The van der Waals surface area contributed by atoms with E-state index in [1.54, 1.807) is 36.8 Å². The number of aromatic amines is 1. The first-order valence-electron chi connectivity index (χ1n) is 11.4. The summed E-state index contributed by atoms with van der Waals surface area (Å²) in [5, 5.41) is 9.53. The van der Waals surface area contributed by atoms with Crippen LogP contribution in [0, 0.1) is 0 Å². The summed E-state index contributed by atoms with van der Waals surface area (Å²) in [6.07, 6.45) is 0.351. The molecule has 11 heteroatoms. The Hall–Kier alpha value is -4.12. The van der Waals surface area contributed by atoms with Gasteiger partial charge in [0, 0.05) is 62.6 Å². The first kappa shape index (κ1) is 23.6. The van der Waals surface area contributed by atoms with Gasteiger partial charge in [0.2, 0.25) is 0 Å². The quantitative estimate of drug-likeness (QED) is 0.404. The van der Waals surface area contributed by atoms with Crippen LogP contribution in [0.5, 0.6) is 0 Å². The van der Waals surface area contributed by atoms with Gasteiger partial charge < -0.3 is 14.6 Å². The van der Waals surface area contributed by atoms with E-state index in [2.05, 4.69) is 25.4 Å². The highest BCUT2D eigenvalue weighted by atomic mass is 19.4. The molecule has 186 valence electrons. The molecule has 1 fully saturated rings. The van der Waals surface area contributed by atoms with Crippen molar-refractivity contribution in [3.05, 3.63) is 84.1 Å². The summed E-state index contributed by atoms with van der Waals surface area (Å²) in [6.45, 7) is 3.31. The van der Waals surface area contributed by atoms with Gasteiger partial charge in [0.05, 0.1) is 16.9 Å². The van der Waals surface area contributed by atoms with E-state index in [0.717, 1.165) is 23.4 Å². The maximum atomic E-state index is 13.5. The Morgan fingerprint density at radius 3 is 2.47 bits per heavy atom. The van der Waals surface area contributed by atoms with Gasteiger partial charge in [-0.15, -0.1) is 0 Å². The van der Waals surface area contributed by atoms with Gasteiger partial charge >= 0.3 is 6.18 Å². The normalized spacial score (nSPS) is 14.7. The minimum absolute atomic E-state index is 0.00505. The summed E-state index contributed by atoms with van der Waals surface area (Å²) in [5.41, 5.74) is 1.50. The number of anilines is 2. The maximum absolute atomic E-state index is 13.5. The lowest BCUT2D eigenvalue weighted by molar-refractivity contribution is -0.137. The van der Waals surface area contributed by atoms with Gasteiger partial charge in [-0.2, -0.15) is 18.3 Å². The second-order valence-electron chi connectivity index (χ2n) is 8.43. The lowest BCUT2D eigenvalue weighted by Gasteiger charge is -2.36. The number of hydrogen-bond donors (Lipinski definition) is 2. The standard InChI is InChI=1S/C25H23F3N6O2/c26-25(27,28)18-1-2-21(34-13-11-33(12-14-34)16-19-7-10-30-32-19)20(15-18)31-24(35)23-4-3-22(36-23)17-5-8-29-9-6-17/h1-10,15H,11-14,16H2,(H,30,32)(H,31,35). The number of rotatable bonds is 6. The van der Waals surface area contributed by atoms with Gasteiger partial charge in [0.15, 0.2) is 5.76 Å². The van der Waals surface area contributed by atoms with Crippen molar-refractivity contribution in [3.8, 4) is 11.3 Å². The van der Waals surface area contributed by atoms with Gasteiger partial charge in [-0.1, -0.05) is 0 Å². The van der Waals surface area contributed by atoms with Crippen molar-refractivity contribution < 1.29 is 22.4 Å². The fourth-order valence-corrected chi connectivity index (χ4v) is 4.16. The predicted molar refractivity (Wildman–Crippen MR) is 127 cm³/mol. The van der Waals surface area contributed by atoms with Crippen molar-refractivity contribution in [2.75, 3.05) is 36.4 Å². The number of H-pyrrole nitrogens is 1. The monoisotopic (exact) mass is 496 g/mol. The third-order valence-corrected chi connectivity index (χ3v) is 6.03. The SMILES string of the molecule is O=C(Nc1cc(C(F)(F)F)ccc1N1CCN(Cc2ccn[nH]2)CC1)c1ccc(-c2ccncc2)o1. The zero-order chi connectivity index (χ0) is 25.1. The molecule has 36 heavy (non-hydrogen) atoms. The summed E-state index contributed by atoms with van der Waals surface area (Å²) in [5.74, 6) is -0.177.